The van der Waals surface area contributed by atoms with Crippen LogP contribution in [0.3, 0.4) is 0 Å². The van der Waals surface area contributed by atoms with Gasteiger partial charge in [0.15, 0.2) is 0 Å². The number of aryl methyl sites for hydroxylation is 1. The molecule has 0 fully saturated rings. The summed E-state index contributed by atoms with van der Waals surface area (Å²) < 4.78 is 0. The molecule has 0 bridgehead atoms. The fraction of sp³-hybridized carbons (Fsp3) is 0.250. The topological polar surface area (TPSA) is 54.0 Å². The Morgan fingerprint density at radius 3 is 2.71 bits per heavy atom. The maximum atomic E-state index is 12.0. The molecule has 0 saturated carbocycles. The van der Waals surface area contributed by atoms with E-state index in [9.17, 15) is 4.79 Å². The Kier molecular flexibility index (Phi) is 4.81. The molecule has 2 aromatic rings. The molecule has 0 aliphatic rings. The highest BCUT2D eigenvalue weighted by atomic mass is 35.5. The molecule has 1 amide bonds. The van der Waals surface area contributed by atoms with Crippen molar-refractivity contribution in [2.24, 2.45) is 0 Å². The van der Waals surface area contributed by atoms with Crippen LogP contribution in [-0.4, -0.2) is 16.9 Å². The highest BCUT2D eigenvalue weighted by Crippen LogP contribution is 2.24. The van der Waals surface area contributed by atoms with Crippen LogP contribution >= 0.6 is 11.6 Å². The zero-order valence-electron chi connectivity index (χ0n) is 12.3. The third-order valence-corrected chi connectivity index (χ3v) is 3.13. The van der Waals surface area contributed by atoms with Crippen molar-refractivity contribution in [3.63, 3.8) is 0 Å². The molecule has 0 aliphatic heterocycles. The van der Waals surface area contributed by atoms with Crippen LogP contribution in [0.1, 0.15) is 29.8 Å². The molecular formula is C16H18ClN3O. The van der Waals surface area contributed by atoms with E-state index >= 15 is 0 Å². The van der Waals surface area contributed by atoms with Crippen LogP contribution in [-0.2, 0) is 0 Å². The lowest BCUT2D eigenvalue weighted by molar-refractivity contribution is 0.0943. The Labute approximate surface area is 129 Å². The van der Waals surface area contributed by atoms with Gasteiger partial charge in [0.1, 0.15) is 0 Å². The zero-order valence-corrected chi connectivity index (χ0v) is 13.0. The third-order valence-electron chi connectivity index (χ3n) is 2.90. The van der Waals surface area contributed by atoms with E-state index < -0.39 is 0 Å². The molecular weight excluding hydrogens is 286 g/mol. The molecule has 0 radical (unpaired) electrons. The molecule has 0 saturated heterocycles. The fourth-order valence-electron chi connectivity index (χ4n) is 1.86. The minimum absolute atomic E-state index is 0.0873. The predicted molar refractivity (Wildman–Crippen MR) is 86.3 cm³/mol. The van der Waals surface area contributed by atoms with Gasteiger partial charge in [0.2, 0.25) is 0 Å². The van der Waals surface area contributed by atoms with Crippen molar-refractivity contribution in [2.75, 3.05) is 5.32 Å². The number of anilines is 2. The number of carbonyl (C=O) groups is 1. The highest BCUT2D eigenvalue weighted by molar-refractivity contribution is 6.30. The second-order valence-corrected chi connectivity index (χ2v) is 5.61. The average Bonchev–Trinajstić information content (AvgIpc) is 2.42. The molecule has 1 heterocycles. The van der Waals surface area contributed by atoms with Crippen LogP contribution in [0.2, 0.25) is 5.02 Å². The minimum Gasteiger partial charge on any atom is -0.354 e. The summed E-state index contributed by atoms with van der Waals surface area (Å²) in [6.45, 7) is 5.83. The van der Waals surface area contributed by atoms with Gasteiger partial charge in [0, 0.05) is 22.9 Å². The van der Waals surface area contributed by atoms with Gasteiger partial charge in [-0.2, -0.15) is 0 Å². The smallest absolute Gasteiger partial charge is 0.253 e. The molecule has 5 heteroatoms. The summed E-state index contributed by atoms with van der Waals surface area (Å²) in [5, 5.41) is 6.73. The monoisotopic (exact) mass is 303 g/mol. The first kappa shape index (κ1) is 15.3. The molecule has 2 rings (SSSR count). The lowest BCUT2D eigenvalue weighted by atomic mass is 10.2. The van der Waals surface area contributed by atoms with Gasteiger partial charge in [-0.1, -0.05) is 17.7 Å². The zero-order chi connectivity index (χ0) is 15.4. The number of carbonyl (C=O) groups excluding carboxylic acids is 1. The number of halogens is 1. The number of amides is 1. The van der Waals surface area contributed by atoms with Crippen molar-refractivity contribution in [2.45, 2.75) is 26.8 Å². The summed E-state index contributed by atoms with van der Waals surface area (Å²) in [7, 11) is 0. The SMILES string of the molecule is Cc1ccc(Cl)cc1Nc1cncc(C(=O)NC(C)C)c1. The third kappa shape index (κ3) is 4.20. The summed E-state index contributed by atoms with van der Waals surface area (Å²) in [5.41, 5.74) is 3.23. The first-order valence-electron chi connectivity index (χ1n) is 6.75. The molecule has 0 aliphatic carbocycles. The van der Waals surface area contributed by atoms with Gasteiger partial charge in [-0.05, 0) is 44.5 Å². The van der Waals surface area contributed by atoms with Crippen molar-refractivity contribution < 1.29 is 4.79 Å². The maximum Gasteiger partial charge on any atom is 0.253 e. The van der Waals surface area contributed by atoms with E-state index in [4.69, 9.17) is 11.6 Å². The van der Waals surface area contributed by atoms with Crippen molar-refractivity contribution in [3.05, 3.63) is 52.8 Å². The molecule has 4 nitrogen and oxygen atoms in total. The largest absolute Gasteiger partial charge is 0.354 e. The minimum atomic E-state index is -0.135. The number of benzene rings is 1. The standard InChI is InChI=1S/C16H18ClN3O/c1-10(2)19-16(21)12-6-14(9-18-8-12)20-15-7-13(17)5-4-11(15)3/h4-10,20H,1-3H3,(H,19,21). The molecule has 0 spiro atoms. The van der Waals surface area contributed by atoms with E-state index in [1.54, 1.807) is 18.5 Å². The van der Waals surface area contributed by atoms with Crippen LogP contribution < -0.4 is 10.6 Å². The van der Waals surface area contributed by atoms with Gasteiger partial charge in [-0.3, -0.25) is 9.78 Å². The van der Waals surface area contributed by atoms with Crippen molar-refractivity contribution >= 4 is 28.9 Å². The van der Waals surface area contributed by atoms with Gasteiger partial charge in [-0.25, -0.2) is 0 Å². The molecule has 2 N–H and O–H groups in total. The van der Waals surface area contributed by atoms with E-state index in [1.807, 2.05) is 39.0 Å². The molecule has 1 aromatic carbocycles. The predicted octanol–water partition coefficient (Wildman–Crippen LogP) is 3.93. The van der Waals surface area contributed by atoms with Gasteiger partial charge < -0.3 is 10.6 Å². The summed E-state index contributed by atoms with van der Waals surface area (Å²) in [6.07, 6.45) is 3.22. The number of rotatable bonds is 4. The number of pyridine rings is 1. The molecule has 1 aromatic heterocycles. The Balaban J connectivity index is 2.21. The molecule has 0 atom stereocenters. The van der Waals surface area contributed by atoms with E-state index in [0.29, 0.717) is 10.6 Å². The second kappa shape index (κ2) is 6.59. The molecule has 0 unspecified atom stereocenters. The Bertz CT molecular complexity index is 656. The first-order valence-corrected chi connectivity index (χ1v) is 7.12. The average molecular weight is 304 g/mol. The van der Waals surface area contributed by atoms with E-state index in [-0.39, 0.29) is 11.9 Å². The van der Waals surface area contributed by atoms with Gasteiger partial charge in [-0.15, -0.1) is 0 Å². The number of aromatic nitrogens is 1. The van der Waals surface area contributed by atoms with Crippen LogP contribution in [0, 0.1) is 6.92 Å². The van der Waals surface area contributed by atoms with Crippen molar-refractivity contribution in [1.29, 1.82) is 0 Å². The number of hydrogen-bond acceptors (Lipinski definition) is 3. The van der Waals surface area contributed by atoms with Gasteiger partial charge >= 0.3 is 0 Å². The van der Waals surface area contributed by atoms with Gasteiger partial charge in [0.05, 0.1) is 17.4 Å². The Morgan fingerprint density at radius 2 is 2.00 bits per heavy atom. The highest BCUT2D eigenvalue weighted by Gasteiger charge is 2.09. The number of nitrogens with zero attached hydrogens (tertiary/aromatic N) is 1. The van der Waals surface area contributed by atoms with Crippen LogP contribution in [0.4, 0.5) is 11.4 Å². The van der Waals surface area contributed by atoms with Gasteiger partial charge in [0.25, 0.3) is 5.91 Å². The Hall–Kier alpha value is -2.07. The van der Waals surface area contributed by atoms with E-state index in [2.05, 4.69) is 15.6 Å². The van der Waals surface area contributed by atoms with E-state index in [1.165, 1.54) is 0 Å². The second-order valence-electron chi connectivity index (χ2n) is 5.17. The van der Waals surface area contributed by atoms with Crippen molar-refractivity contribution in [3.8, 4) is 0 Å². The summed E-state index contributed by atoms with van der Waals surface area (Å²) in [5.74, 6) is -0.135. The normalized spacial score (nSPS) is 10.5. The summed E-state index contributed by atoms with van der Waals surface area (Å²) in [6, 6.07) is 7.48. The van der Waals surface area contributed by atoms with Crippen molar-refractivity contribution in [1.82, 2.24) is 10.3 Å². The maximum absolute atomic E-state index is 12.0. The number of nitrogens with one attached hydrogen (secondary N) is 2. The lowest BCUT2D eigenvalue weighted by Crippen LogP contribution is -2.30. The summed E-state index contributed by atoms with van der Waals surface area (Å²) >= 11 is 6.00. The Morgan fingerprint density at radius 1 is 1.24 bits per heavy atom. The fourth-order valence-corrected chi connectivity index (χ4v) is 2.03. The number of hydrogen-bond donors (Lipinski definition) is 2. The quantitative estimate of drug-likeness (QED) is 0.900. The van der Waals surface area contributed by atoms with E-state index in [0.717, 1.165) is 16.9 Å². The van der Waals surface area contributed by atoms with Crippen LogP contribution in [0.15, 0.2) is 36.7 Å². The molecule has 110 valence electrons. The lowest BCUT2D eigenvalue weighted by Gasteiger charge is -2.12. The first-order chi connectivity index (χ1) is 9.95. The van der Waals surface area contributed by atoms with Crippen LogP contribution in [0.5, 0.6) is 0 Å². The van der Waals surface area contributed by atoms with Crippen LogP contribution in [0.25, 0.3) is 0 Å². The molecule has 21 heavy (non-hydrogen) atoms. The summed E-state index contributed by atoms with van der Waals surface area (Å²) in [4.78, 5) is 16.1.